The number of benzene rings is 1. The summed E-state index contributed by atoms with van der Waals surface area (Å²) in [5.41, 5.74) is 5.61. The molecule has 2 atom stereocenters. The van der Waals surface area contributed by atoms with Crippen LogP contribution >= 0.6 is 0 Å². The summed E-state index contributed by atoms with van der Waals surface area (Å²) in [6.07, 6.45) is 3.35. The van der Waals surface area contributed by atoms with Crippen molar-refractivity contribution in [2.45, 2.75) is 44.7 Å². The third-order valence-corrected chi connectivity index (χ3v) is 3.64. The number of nitrogens with one attached hydrogen (secondary N) is 2. The van der Waals surface area contributed by atoms with Crippen LogP contribution in [0, 0.1) is 5.82 Å². The summed E-state index contributed by atoms with van der Waals surface area (Å²) in [4.78, 5) is 35.4. The van der Waals surface area contributed by atoms with Gasteiger partial charge in [0.1, 0.15) is 17.9 Å². The molecular weight excluding hydrogens is 325 g/mol. The van der Waals surface area contributed by atoms with Crippen molar-refractivity contribution in [3.8, 4) is 0 Å². The molecule has 3 amide bonds. The molecular formula is C18H24FN3O3. The van der Waals surface area contributed by atoms with E-state index in [1.165, 1.54) is 25.1 Å². The highest BCUT2D eigenvalue weighted by Gasteiger charge is 2.25. The van der Waals surface area contributed by atoms with E-state index in [2.05, 4.69) is 17.2 Å². The van der Waals surface area contributed by atoms with Gasteiger partial charge in [-0.25, -0.2) is 4.39 Å². The number of hydrogen-bond acceptors (Lipinski definition) is 3. The van der Waals surface area contributed by atoms with Crippen LogP contribution in [-0.4, -0.2) is 29.8 Å². The summed E-state index contributed by atoms with van der Waals surface area (Å²) in [6.45, 7) is 4.85. The van der Waals surface area contributed by atoms with Crippen LogP contribution in [0.4, 0.5) is 4.39 Å². The van der Waals surface area contributed by atoms with Crippen molar-refractivity contribution in [1.29, 1.82) is 0 Å². The molecule has 136 valence electrons. The van der Waals surface area contributed by atoms with Crippen molar-refractivity contribution >= 4 is 17.7 Å². The Bertz CT molecular complexity index is 634. The van der Waals surface area contributed by atoms with Gasteiger partial charge in [0.2, 0.25) is 17.7 Å². The number of hydrogen-bond donors (Lipinski definition) is 3. The van der Waals surface area contributed by atoms with E-state index in [-0.39, 0.29) is 6.42 Å². The molecule has 0 aromatic heterocycles. The predicted octanol–water partition coefficient (Wildman–Crippen LogP) is 1.20. The molecule has 6 nitrogen and oxygen atoms in total. The topological polar surface area (TPSA) is 101 Å². The highest BCUT2D eigenvalue weighted by Crippen LogP contribution is 2.10. The van der Waals surface area contributed by atoms with Gasteiger partial charge in [0.25, 0.3) is 0 Å². The highest BCUT2D eigenvalue weighted by atomic mass is 19.1. The Kier molecular flexibility index (Phi) is 8.32. The number of rotatable bonds is 10. The zero-order valence-electron chi connectivity index (χ0n) is 14.3. The van der Waals surface area contributed by atoms with E-state index >= 15 is 0 Å². The summed E-state index contributed by atoms with van der Waals surface area (Å²) in [6, 6.07) is 4.13. The summed E-state index contributed by atoms with van der Waals surface area (Å²) in [7, 11) is 0. The summed E-state index contributed by atoms with van der Waals surface area (Å²) >= 11 is 0. The molecule has 0 heterocycles. The third-order valence-electron chi connectivity index (χ3n) is 3.64. The van der Waals surface area contributed by atoms with E-state index in [1.807, 2.05) is 0 Å². The summed E-state index contributed by atoms with van der Waals surface area (Å²) in [5, 5.41) is 5.02. The molecule has 0 radical (unpaired) electrons. The Morgan fingerprint density at radius 1 is 1.24 bits per heavy atom. The number of carbonyl (C=O) groups is 3. The van der Waals surface area contributed by atoms with E-state index in [0.717, 1.165) is 0 Å². The van der Waals surface area contributed by atoms with Crippen molar-refractivity contribution in [3.63, 3.8) is 0 Å². The van der Waals surface area contributed by atoms with Gasteiger partial charge in [-0.2, -0.15) is 0 Å². The Morgan fingerprint density at radius 3 is 2.48 bits per heavy atom. The lowest BCUT2D eigenvalue weighted by molar-refractivity contribution is -0.130. The van der Waals surface area contributed by atoms with Crippen molar-refractivity contribution in [3.05, 3.63) is 48.3 Å². The third kappa shape index (κ3) is 7.15. The molecule has 0 unspecified atom stereocenters. The molecule has 4 N–H and O–H groups in total. The average molecular weight is 349 g/mol. The second-order valence-corrected chi connectivity index (χ2v) is 5.73. The first kappa shape index (κ1) is 20.3. The maximum Gasteiger partial charge on any atom is 0.243 e. The number of nitrogens with two attached hydrogens (primary N) is 1. The number of halogens is 1. The van der Waals surface area contributed by atoms with E-state index in [0.29, 0.717) is 24.8 Å². The smallest absolute Gasteiger partial charge is 0.243 e. The zero-order chi connectivity index (χ0) is 18.8. The van der Waals surface area contributed by atoms with Gasteiger partial charge in [0, 0.05) is 13.3 Å². The fraction of sp³-hybridized carbons (Fsp3) is 0.389. The first-order valence-electron chi connectivity index (χ1n) is 8.06. The minimum Gasteiger partial charge on any atom is -0.368 e. The lowest BCUT2D eigenvalue weighted by Gasteiger charge is -2.21. The van der Waals surface area contributed by atoms with Gasteiger partial charge in [0.15, 0.2) is 0 Å². The Hall–Kier alpha value is -2.70. The van der Waals surface area contributed by atoms with Crippen LogP contribution < -0.4 is 16.4 Å². The molecule has 0 fully saturated rings. The summed E-state index contributed by atoms with van der Waals surface area (Å²) < 4.78 is 13.8. The first-order chi connectivity index (χ1) is 11.8. The Morgan fingerprint density at radius 2 is 1.92 bits per heavy atom. The molecule has 1 aromatic carbocycles. The number of amides is 3. The number of allylic oxidation sites excluding steroid dienone is 1. The largest absolute Gasteiger partial charge is 0.368 e. The van der Waals surface area contributed by atoms with Crippen molar-refractivity contribution < 1.29 is 18.8 Å². The van der Waals surface area contributed by atoms with Crippen LogP contribution in [-0.2, 0) is 20.8 Å². The molecule has 1 rings (SSSR count). The van der Waals surface area contributed by atoms with Crippen LogP contribution in [0.25, 0.3) is 0 Å². The molecule has 0 saturated heterocycles. The lowest BCUT2D eigenvalue weighted by Crippen LogP contribution is -2.53. The van der Waals surface area contributed by atoms with Crippen LogP contribution in [0.1, 0.15) is 31.7 Å². The molecule has 7 heteroatoms. The summed E-state index contributed by atoms with van der Waals surface area (Å²) in [5.74, 6) is -2.15. The van der Waals surface area contributed by atoms with Gasteiger partial charge in [-0.15, -0.1) is 6.58 Å². The van der Waals surface area contributed by atoms with Gasteiger partial charge in [-0.3, -0.25) is 14.4 Å². The highest BCUT2D eigenvalue weighted by molar-refractivity contribution is 5.91. The minimum absolute atomic E-state index is 0.0315. The number of carbonyl (C=O) groups excluding carboxylic acids is 3. The lowest BCUT2D eigenvalue weighted by atomic mass is 10.0. The van der Waals surface area contributed by atoms with Crippen LogP contribution in [0.5, 0.6) is 0 Å². The normalized spacial score (nSPS) is 12.7. The van der Waals surface area contributed by atoms with Crippen molar-refractivity contribution in [1.82, 2.24) is 10.6 Å². The number of primary amides is 1. The quantitative estimate of drug-likeness (QED) is 0.437. The van der Waals surface area contributed by atoms with Gasteiger partial charge in [0.05, 0.1) is 0 Å². The van der Waals surface area contributed by atoms with E-state index in [4.69, 9.17) is 5.73 Å². The molecule has 0 aliphatic rings. The van der Waals surface area contributed by atoms with E-state index in [1.54, 1.807) is 12.1 Å². The Balaban J connectivity index is 2.84. The maximum absolute atomic E-state index is 13.8. The fourth-order valence-electron chi connectivity index (χ4n) is 2.36. The van der Waals surface area contributed by atoms with Gasteiger partial charge >= 0.3 is 0 Å². The first-order valence-corrected chi connectivity index (χ1v) is 8.06. The van der Waals surface area contributed by atoms with E-state index in [9.17, 15) is 18.8 Å². The molecule has 1 aromatic rings. The zero-order valence-corrected chi connectivity index (χ0v) is 14.3. The molecule has 0 spiro atoms. The van der Waals surface area contributed by atoms with Crippen LogP contribution in [0.15, 0.2) is 36.9 Å². The average Bonchev–Trinajstić information content (AvgIpc) is 2.54. The minimum atomic E-state index is -1.00. The molecule has 0 bridgehead atoms. The predicted molar refractivity (Wildman–Crippen MR) is 92.9 cm³/mol. The van der Waals surface area contributed by atoms with Crippen LogP contribution in [0.3, 0.4) is 0 Å². The molecule has 25 heavy (non-hydrogen) atoms. The molecule has 0 aliphatic heterocycles. The standard InChI is InChI=1S/C18H24FN3O3/c1-3-4-5-10-15(17(20)24)22-18(25)16(21-12(2)23)11-13-8-6-7-9-14(13)19/h3,6-9,15-16H,1,4-5,10-11H2,2H3,(H2,20,24)(H,21,23)(H,22,25)/t15-,16-/m0/s1. The van der Waals surface area contributed by atoms with Crippen molar-refractivity contribution in [2.24, 2.45) is 5.73 Å². The monoisotopic (exact) mass is 349 g/mol. The van der Waals surface area contributed by atoms with Gasteiger partial charge < -0.3 is 16.4 Å². The second kappa shape index (κ2) is 10.2. The second-order valence-electron chi connectivity index (χ2n) is 5.73. The maximum atomic E-state index is 13.8. The van der Waals surface area contributed by atoms with Crippen molar-refractivity contribution in [2.75, 3.05) is 0 Å². The molecule has 0 saturated carbocycles. The van der Waals surface area contributed by atoms with E-state index < -0.39 is 35.6 Å². The van der Waals surface area contributed by atoms with Gasteiger partial charge in [-0.1, -0.05) is 24.3 Å². The van der Waals surface area contributed by atoms with Gasteiger partial charge in [-0.05, 0) is 30.9 Å². The number of unbranched alkanes of at least 4 members (excludes halogenated alkanes) is 1. The van der Waals surface area contributed by atoms with Crippen LogP contribution in [0.2, 0.25) is 0 Å². The Labute approximate surface area is 146 Å². The SMILES string of the molecule is C=CCCC[C@H](NC(=O)[C@H](Cc1ccccc1F)NC(C)=O)C(N)=O. The molecule has 0 aliphatic carbocycles. The fourth-order valence-corrected chi connectivity index (χ4v) is 2.36.